The molecule has 0 aromatic rings. The van der Waals surface area contributed by atoms with Crippen molar-refractivity contribution >= 4 is 5.97 Å². The normalized spacial score (nSPS) is 9.62. The molecule has 0 aliphatic carbocycles. The van der Waals surface area contributed by atoms with E-state index >= 15 is 0 Å². The number of aliphatic hydroxyl groups excluding tert-OH is 1. The maximum atomic E-state index is 10.3. The molecule has 4 nitrogen and oxygen atoms in total. The van der Waals surface area contributed by atoms with Crippen LogP contribution >= 0.6 is 0 Å². The number of carbonyl (C=O) groups excluding carboxylic acids is 1. The van der Waals surface area contributed by atoms with Crippen molar-refractivity contribution in [3.63, 3.8) is 0 Å². The first-order valence-electron chi connectivity index (χ1n) is 5.86. The fraction of sp³-hybridized carbons (Fsp3) is 0.917. The van der Waals surface area contributed by atoms with Gasteiger partial charge in [-0.25, -0.2) is 0 Å². The molecule has 0 rings (SSSR count). The molecule has 16 heavy (non-hydrogen) atoms. The summed E-state index contributed by atoms with van der Waals surface area (Å²) in [6.45, 7) is 9.40. The lowest BCUT2D eigenvalue weighted by Crippen LogP contribution is -2.07. The van der Waals surface area contributed by atoms with Gasteiger partial charge in [0, 0.05) is 20.1 Å². The number of hydrogen-bond donors (Lipinski definition) is 1. The van der Waals surface area contributed by atoms with Crippen molar-refractivity contribution in [1.82, 2.24) is 0 Å². The lowest BCUT2D eigenvalue weighted by atomic mass is 10.2. The van der Waals surface area contributed by atoms with Gasteiger partial charge in [-0.1, -0.05) is 27.2 Å². The second-order valence-electron chi connectivity index (χ2n) is 3.88. The largest absolute Gasteiger partial charge is 0.463 e. The van der Waals surface area contributed by atoms with Gasteiger partial charge in [-0.05, 0) is 12.3 Å². The van der Waals surface area contributed by atoms with Gasteiger partial charge in [0.05, 0.1) is 6.61 Å². The van der Waals surface area contributed by atoms with Crippen molar-refractivity contribution in [2.45, 2.75) is 40.5 Å². The summed E-state index contributed by atoms with van der Waals surface area (Å²) in [6, 6.07) is 0. The fourth-order valence-corrected chi connectivity index (χ4v) is 0.593. The Balaban J connectivity index is 0. The number of unbranched alkanes of at least 4 members (excludes halogenated alkanes) is 1. The Kier molecular flexibility index (Phi) is 16.0. The maximum absolute atomic E-state index is 10.3. The highest BCUT2D eigenvalue weighted by Gasteiger charge is 1.91. The van der Waals surface area contributed by atoms with E-state index in [4.69, 9.17) is 9.84 Å². The molecule has 0 radical (unpaired) electrons. The molecule has 0 amide bonds. The fourth-order valence-electron chi connectivity index (χ4n) is 0.593. The molecule has 0 atom stereocenters. The Hall–Kier alpha value is -0.610. The highest BCUT2D eigenvalue weighted by atomic mass is 16.6. The Morgan fingerprint density at radius 2 is 1.81 bits per heavy atom. The summed E-state index contributed by atoms with van der Waals surface area (Å²) in [5.74, 6) is 0.194. The van der Waals surface area contributed by atoms with Gasteiger partial charge in [-0.3, -0.25) is 4.79 Å². The van der Waals surface area contributed by atoms with Crippen LogP contribution in [0.5, 0.6) is 0 Å². The van der Waals surface area contributed by atoms with E-state index in [9.17, 15) is 4.79 Å². The molecule has 1 N–H and O–H groups in total. The second-order valence-corrected chi connectivity index (χ2v) is 3.88. The van der Waals surface area contributed by atoms with Crippen LogP contribution in [0, 0.1) is 5.92 Å². The van der Waals surface area contributed by atoms with Gasteiger partial charge in [-0.15, -0.1) is 0 Å². The van der Waals surface area contributed by atoms with Crippen molar-refractivity contribution in [3.05, 3.63) is 0 Å². The SMILES string of the molecule is CC(C)CO.CCCCOCCOC(C)=O. The molecule has 0 aromatic carbocycles. The predicted molar refractivity (Wildman–Crippen MR) is 64.3 cm³/mol. The lowest BCUT2D eigenvalue weighted by Gasteiger charge is -2.02. The molecule has 0 aliphatic rings. The molecule has 0 heterocycles. The number of esters is 1. The number of hydrogen-bond acceptors (Lipinski definition) is 4. The van der Waals surface area contributed by atoms with Crippen molar-refractivity contribution in [2.24, 2.45) is 5.92 Å². The first-order valence-corrected chi connectivity index (χ1v) is 5.86. The quantitative estimate of drug-likeness (QED) is 0.541. The smallest absolute Gasteiger partial charge is 0.302 e. The minimum absolute atomic E-state index is 0.246. The van der Waals surface area contributed by atoms with E-state index in [-0.39, 0.29) is 5.97 Å². The maximum Gasteiger partial charge on any atom is 0.302 e. The Labute approximate surface area is 98.9 Å². The summed E-state index contributed by atoms with van der Waals surface area (Å²) in [5.41, 5.74) is 0. The molecule has 0 bridgehead atoms. The molecule has 0 spiro atoms. The summed E-state index contributed by atoms with van der Waals surface area (Å²) in [7, 11) is 0. The van der Waals surface area contributed by atoms with Crippen molar-refractivity contribution in [2.75, 3.05) is 26.4 Å². The first kappa shape index (κ1) is 17.8. The topological polar surface area (TPSA) is 55.8 Å². The van der Waals surface area contributed by atoms with Gasteiger partial charge in [-0.2, -0.15) is 0 Å². The summed E-state index contributed by atoms with van der Waals surface area (Å²) in [5, 5.41) is 8.14. The van der Waals surface area contributed by atoms with Crippen LogP contribution in [-0.2, 0) is 14.3 Å². The molecule has 98 valence electrons. The summed E-state index contributed by atoms with van der Waals surface area (Å²) >= 11 is 0. The first-order chi connectivity index (χ1) is 7.54. The van der Waals surface area contributed by atoms with E-state index in [0.29, 0.717) is 25.7 Å². The average Bonchev–Trinajstić information content (AvgIpc) is 2.23. The molecule has 4 heteroatoms. The minimum Gasteiger partial charge on any atom is -0.463 e. The number of aliphatic hydroxyl groups is 1. The van der Waals surface area contributed by atoms with Crippen molar-refractivity contribution in [1.29, 1.82) is 0 Å². The average molecular weight is 234 g/mol. The summed E-state index contributed by atoms with van der Waals surface area (Å²) < 4.78 is 9.81. The standard InChI is InChI=1S/C8H16O3.C4H10O/c1-3-4-5-10-6-7-11-8(2)9;1-4(2)3-5/h3-7H2,1-2H3;4-5H,3H2,1-2H3. The minimum atomic E-state index is -0.246. The van der Waals surface area contributed by atoms with Gasteiger partial charge in [0.1, 0.15) is 6.61 Å². The zero-order valence-corrected chi connectivity index (χ0v) is 11.0. The molecule has 0 saturated carbocycles. The van der Waals surface area contributed by atoms with E-state index < -0.39 is 0 Å². The van der Waals surface area contributed by atoms with E-state index in [1.807, 2.05) is 13.8 Å². The van der Waals surface area contributed by atoms with Gasteiger partial charge < -0.3 is 14.6 Å². The lowest BCUT2D eigenvalue weighted by molar-refractivity contribution is -0.142. The van der Waals surface area contributed by atoms with Crippen LogP contribution in [0.3, 0.4) is 0 Å². The van der Waals surface area contributed by atoms with Gasteiger partial charge in [0.25, 0.3) is 0 Å². The molecule has 0 unspecified atom stereocenters. The third-order valence-electron chi connectivity index (χ3n) is 1.54. The van der Waals surface area contributed by atoms with Crippen LogP contribution in [0.15, 0.2) is 0 Å². The Morgan fingerprint density at radius 3 is 2.19 bits per heavy atom. The predicted octanol–water partition coefficient (Wildman–Crippen LogP) is 2.00. The zero-order chi connectivity index (χ0) is 12.8. The van der Waals surface area contributed by atoms with E-state index in [1.54, 1.807) is 0 Å². The van der Waals surface area contributed by atoms with E-state index in [1.165, 1.54) is 6.92 Å². The molecule has 0 aliphatic heterocycles. The van der Waals surface area contributed by atoms with Crippen LogP contribution in [0.25, 0.3) is 0 Å². The molecule has 0 saturated heterocycles. The van der Waals surface area contributed by atoms with Crippen LogP contribution in [0.1, 0.15) is 40.5 Å². The highest BCUT2D eigenvalue weighted by molar-refractivity contribution is 5.65. The van der Waals surface area contributed by atoms with Crippen molar-refractivity contribution < 1.29 is 19.4 Å². The zero-order valence-electron chi connectivity index (χ0n) is 11.0. The van der Waals surface area contributed by atoms with Gasteiger partial charge in [0.2, 0.25) is 0 Å². The monoisotopic (exact) mass is 234 g/mol. The molecule has 0 aromatic heterocycles. The number of carbonyl (C=O) groups is 1. The van der Waals surface area contributed by atoms with Gasteiger partial charge >= 0.3 is 5.97 Å². The number of rotatable bonds is 7. The van der Waals surface area contributed by atoms with Crippen LogP contribution < -0.4 is 0 Å². The van der Waals surface area contributed by atoms with E-state index in [2.05, 4.69) is 11.7 Å². The summed E-state index contributed by atoms with van der Waals surface area (Å²) in [4.78, 5) is 10.3. The van der Waals surface area contributed by atoms with Crippen molar-refractivity contribution in [3.8, 4) is 0 Å². The highest BCUT2D eigenvalue weighted by Crippen LogP contribution is 1.87. The van der Waals surface area contributed by atoms with Gasteiger partial charge in [0.15, 0.2) is 0 Å². The third-order valence-corrected chi connectivity index (χ3v) is 1.54. The molecular formula is C12H26O4. The Bertz CT molecular complexity index is 146. The van der Waals surface area contributed by atoms with Crippen LogP contribution in [0.4, 0.5) is 0 Å². The number of ether oxygens (including phenoxy) is 2. The van der Waals surface area contributed by atoms with E-state index in [0.717, 1.165) is 19.4 Å². The van der Waals surface area contributed by atoms with Crippen LogP contribution in [-0.4, -0.2) is 37.5 Å². The van der Waals surface area contributed by atoms with Crippen LogP contribution in [0.2, 0.25) is 0 Å². The molecule has 0 fully saturated rings. The molecular weight excluding hydrogens is 208 g/mol. The summed E-state index contributed by atoms with van der Waals surface area (Å²) in [6.07, 6.45) is 2.20. The third kappa shape index (κ3) is 23.3. The second kappa shape index (κ2) is 14.4. The Morgan fingerprint density at radius 1 is 1.25 bits per heavy atom.